The summed E-state index contributed by atoms with van der Waals surface area (Å²) < 4.78 is 34.4. The fraction of sp³-hybridized carbons (Fsp3) is 0.458. The van der Waals surface area contributed by atoms with E-state index in [1.807, 2.05) is 26.2 Å². The molecular weight excluding hydrogens is 444 g/mol. The molecule has 1 atom stereocenters. The highest BCUT2D eigenvalue weighted by Gasteiger charge is 2.31. The van der Waals surface area contributed by atoms with Crippen LogP contribution in [0, 0.1) is 13.8 Å². The smallest absolute Gasteiger partial charge is 0.241 e. The van der Waals surface area contributed by atoms with Crippen LogP contribution in [0.25, 0.3) is 0 Å². The molecule has 1 N–H and O–H groups in total. The molecule has 2 aromatic rings. The number of benzene rings is 2. The monoisotopic (exact) mass is 476 g/mol. The van der Waals surface area contributed by atoms with Gasteiger partial charge in [0, 0.05) is 25.9 Å². The summed E-state index contributed by atoms with van der Waals surface area (Å²) in [4.78, 5) is 15.2. The second-order valence-electron chi connectivity index (χ2n) is 8.18. The number of nitrogens with zero attached hydrogens (tertiary/aromatic N) is 1. The summed E-state index contributed by atoms with van der Waals surface area (Å²) in [6.07, 6.45) is 3.89. The standard InChI is InChI=1S/C24H32N2O4S2/c1-18-9-10-19(2)23(17-18)30-20-11-14-26(15-12-20)24(27)22(13-16-31-3)25-32(28,29)21-7-5-4-6-8-21/h4-10,17,20,22,25H,11-16H2,1-3H3. The summed E-state index contributed by atoms with van der Waals surface area (Å²) >= 11 is 1.59. The highest BCUT2D eigenvalue weighted by molar-refractivity contribution is 7.98. The van der Waals surface area contributed by atoms with E-state index in [0.29, 0.717) is 25.3 Å². The summed E-state index contributed by atoms with van der Waals surface area (Å²) in [7, 11) is -3.77. The Hall–Kier alpha value is -2.03. The van der Waals surface area contributed by atoms with Gasteiger partial charge in [0.1, 0.15) is 17.9 Å². The van der Waals surface area contributed by atoms with Crippen LogP contribution < -0.4 is 9.46 Å². The molecule has 1 amide bonds. The second-order valence-corrected chi connectivity index (χ2v) is 10.9. The number of piperidine rings is 1. The van der Waals surface area contributed by atoms with Crippen LogP contribution in [0.4, 0.5) is 0 Å². The van der Waals surface area contributed by atoms with Gasteiger partial charge in [-0.1, -0.05) is 30.3 Å². The van der Waals surface area contributed by atoms with E-state index in [-0.39, 0.29) is 16.9 Å². The van der Waals surface area contributed by atoms with Gasteiger partial charge >= 0.3 is 0 Å². The van der Waals surface area contributed by atoms with Gasteiger partial charge in [0.05, 0.1) is 4.90 Å². The van der Waals surface area contributed by atoms with Crippen molar-refractivity contribution in [3.63, 3.8) is 0 Å². The Labute approximate surface area is 195 Å². The number of sulfonamides is 1. The minimum absolute atomic E-state index is 0.0465. The number of nitrogens with one attached hydrogen (secondary N) is 1. The Kier molecular flexibility index (Phi) is 8.62. The summed E-state index contributed by atoms with van der Waals surface area (Å²) in [5, 5.41) is 0. The number of hydrogen-bond acceptors (Lipinski definition) is 5. The molecule has 0 saturated carbocycles. The molecule has 1 saturated heterocycles. The summed E-state index contributed by atoms with van der Waals surface area (Å²) in [6.45, 7) is 5.18. The predicted octanol–water partition coefficient (Wildman–Crippen LogP) is 3.77. The third-order valence-electron chi connectivity index (χ3n) is 5.65. The highest BCUT2D eigenvalue weighted by Crippen LogP contribution is 2.24. The Morgan fingerprint density at radius 2 is 1.84 bits per heavy atom. The number of rotatable bonds is 9. The van der Waals surface area contributed by atoms with Gasteiger partial charge in [0.15, 0.2) is 0 Å². The van der Waals surface area contributed by atoms with Crippen molar-refractivity contribution >= 4 is 27.7 Å². The van der Waals surface area contributed by atoms with Gasteiger partial charge in [-0.15, -0.1) is 0 Å². The first-order chi connectivity index (χ1) is 15.3. The first-order valence-corrected chi connectivity index (χ1v) is 13.8. The van der Waals surface area contributed by atoms with Crippen molar-refractivity contribution in [3.8, 4) is 5.75 Å². The topological polar surface area (TPSA) is 75.7 Å². The number of amides is 1. The molecular formula is C24H32N2O4S2. The SMILES string of the molecule is CSCCC(NS(=O)(=O)c1ccccc1)C(=O)N1CCC(Oc2cc(C)ccc2C)CC1. The number of likely N-dealkylation sites (tertiary alicyclic amines) is 1. The Balaban J connectivity index is 1.63. The third-order valence-corrected chi connectivity index (χ3v) is 7.78. The Morgan fingerprint density at radius 1 is 1.16 bits per heavy atom. The van der Waals surface area contributed by atoms with Crippen molar-refractivity contribution in [2.75, 3.05) is 25.1 Å². The largest absolute Gasteiger partial charge is 0.490 e. The average molecular weight is 477 g/mol. The molecule has 3 rings (SSSR count). The number of thioether (sulfide) groups is 1. The molecule has 0 spiro atoms. The number of carbonyl (C=O) groups is 1. The van der Waals surface area contributed by atoms with E-state index in [1.165, 1.54) is 12.1 Å². The molecule has 174 valence electrons. The van der Waals surface area contributed by atoms with E-state index < -0.39 is 16.1 Å². The maximum absolute atomic E-state index is 13.2. The van der Waals surface area contributed by atoms with E-state index in [0.717, 1.165) is 29.7 Å². The van der Waals surface area contributed by atoms with Crippen LogP contribution in [0.5, 0.6) is 5.75 Å². The van der Waals surface area contributed by atoms with Crippen LogP contribution in [0.1, 0.15) is 30.4 Å². The molecule has 32 heavy (non-hydrogen) atoms. The van der Waals surface area contributed by atoms with Gasteiger partial charge in [-0.05, 0) is 61.6 Å². The van der Waals surface area contributed by atoms with Crippen molar-refractivity contribution in [1.29, 1.82) is 0 Å². The van der Waals surface area contributed by atoms with Crippen molar-refractivity contribution < 1.29 is 17.9 Å². The van der Waals surface area contributed by atoms with Crippen molar-refractivity contribution in [3.05, 3.63) is 59.7 Å². The highest BCUT2D eigenvalue weighted by atomic mass is 32.2. The molecule has 0 radical (unpaired) electrons. The van der Waals surface area contributed by atoms with Gasteiger partial charge in [-0.3, -0.25) is 4.79 Å². The molecule has 2 aromatic carbocycles. The van der Waals surface area contributed by atoms with Crippen molar-refractivity contribution in [2.24, 2.45) is 0 Å². The summed E-state index contributed by atoms with van der Waals surface area (Å²) in [5.74, 6) is 1.42. The Morgan fingerprint density at radius 3 is 2.50 bits per heavy atom. The lowest BCUT2D eigenvalue weighted by Crippen LogP contribution is -2.51. The zero-order valence-electron chi connectivity index (χ0n) is 18.9. The molecule has 0 aliphatic carbocycles. The van der Waals surface area contributed by atoms with Gasteiger partial charge in [0.25, 0.3) is 0 Å². The lowest BCUT2D eigenvalue weighted by molar-refractivity contribution is -0.134. The minimum Gasteiger partial charge on any atom is -0.490 e. The lowest BCUT2D eigenvalue weighted by Gasteiger charge is -2.34. The zero-order valence-corrected chi connectivity index (χ0v) is 20.5. The van der Waals surface area contributed by atoms with E-state index in [9.17, 15) is 13.2 Å². The molecule has 6 nitrogen and oxygen atoms in total. The van der Waals surface area contributed by atoms with Gasteiger partial charge < -0.3 is 9.64 Å². The first-order valence-electron chi connectivity index (χ1n) is 10.9. The molecule has 1 unspecified atom stereocenters. The molecule has 0 aromatic heterocycles. The molecule has 1 aliphatic rings. The number of hydrogen-bond donors (Lipinski definition) is 1. The van der Waals surface area contributed by atoms with E-state index >= 15 is 0 Å². The number of ether oxygens (including phenoxy) is 1. The lowest BCUT2D eigenvalue weighted by atomic mass is 10.1. The third kappa shape index (κ3) is 6.49. The number of aryl methyl sites for hydroxylation is 2. The number of carbonyl (C=O) groups excluding carboxylic acids is 1. The molecule has 0 bridgehead atoms. The van der Waals surface area contributed by atoms with Crippen LogP contribution in [-0.4, -0.2) is 56.5 Å². The van der Waals surface area contributed by atoms with Gasteiger partial charge in [0.2, 0.25) is 15.9 Å². The van der Waals surface area contributed by atoms with Gasteiger partial charge in [-0.2, -0.15) is 16.5 Å². The fourth-order valence-electron chi connectivity index (χ4n) is 3.75. The van der Waals surface area contributed by atoms with E-state index in [2.05, 4.69) is 16.9 Å². The maximum atomic E-state index is 13.2. The maximum Gasteiger partial charge on any atom is 0.241 e. The van der Waals surface area contributed by atoms with Crippen LogP contribution in [-0.2, 0) is 14.8 Å². The molecule has 1 fully saturated rings. The van der Waals surface area contributed by atoms with Crippen molar-refractivity contribution in [1.82, 2.24) is 9.62 Å². The molecule has 8 heteroatoms. The average Bonchev–Trinajstić information content (AvgIpc) is 2.79. The normalized spacial score (nSPS) is 16.0. The van der Waals surface area contributed by atoms with E-state index in [4.69, 9.17) is 4.74 Å². The first kappa shape index (κ1) is 24.6. The quantitative estimate of drug-likeness (QED) is 0.596. The summed E-state index contributed by atoms with van der Waals surface area (Å²) in [5.41, 5.74) is 2.25. The Bertz CT molecular complexity index is 1000. The van der Waals surface area contributed by atoms with E-state index in [1.54, 1.807) is 34.9 Å². The van der Waals surface area contributed by atoms with Crippen LogP contribution >= 0.6 is 11.8 Å². The predicted molar refractivity (Wildman–Crippen MR) is 130 cm³/mol. The van der Waals surface area contributed by atoms with Crippen molar-refractivity contribution in [2.45, 2.75) is 50.2 Å². The van der Waals surface area contributed by atoms with Crippen LogP contribution in [0.3, 0.4) is 0 Å². The van der Waals surface area contributed by atoms with Crippen LogP contribution in [0.15, 0.2) is 53.4 Å². The molecule has 1 aliphatic heterocycles. The molecule has 1 heterocycles. The second kappa shape index (κ2) is 11.2. The fourth-order valence-corrected chi connectivity index (χ4v) is 5.47. The zero-order chi connectivity index (χ0) is 23.1. The van der Waals surface area contributed by atoms with Crippen LogP contribution in [0.2, 0.25) is 0 Å². The summed E-state index contributed by atoms with van der Waals surface area (Å²) in [6, 6.07) is 13.6. The van der Waals surface area contributed by atoms with Gasteiger partial charge in [-0.25, -0.2) is 8.42 Å². The minimum atomic E-state index is -3.77.